The number of hydrogen-bond donors (Lipinski definition) is 1. The summed E-state index contributed by atoms with van der Waals surface area (Å²) in [5, 5.41) is 9.04. The fourth-order valence-electron chi connectivity index (χ4n) is 3.26. The zero-order chi connectivity index (χ0) is 14.0. The van der Waals surface area contributed by atoms with Crippen molar-refractivity contribution >= 4 is 11.9 Å². The minimum Gasteiger partial charge on any atom is -0.481 e. The number of rotatable bonds is 4. The second-order valence-electron chi connectivity index (χ2n) is 5.67. The third-order valence-corrected chi connectivity index (χ3v) is 4.70. The predicted molar refractivity (Wildman–Crippen MR) is 69.7 cm³/mol. The van der Waals surface area contributed by atoms with E-state index in [1.54, 1.807) is 4.90 Å². The number of carbonyl (C=O) groups is 2. The molecule has 5 nitrogen and oxygen atoms in total. The predicted octanol–water partition coefficient (Wildman–Crippen LogP) is 1.66. The van der Waals surface area contributed by atoms with E-state index in [-0.39, 0.29) is 24.0 Å². The van der Waals surface area contributed by atoms with Gasteiger partial charge in [0.25, 0.3) is 0 Å². The maximum Gasteiger partial charge on any atom is 0.308 e. The largest absolute Gasteiger partial charge is 0.481 e. The molecule has 0 aliphatic carbocycles. The number of carbonyl (C=O) groups excluding carboxylic acids is 1. The van der Waals surface area contributed by atoms with E-state index in [4.69, 9.17) is 9.84 Å². The molecule has 0 aromatic heterocycles. The number of nitrogens with zero attached hydrogens (tertiary/aromatic N) is 1. The third-order valence-electron chi connectivity index (χ3n) is 4.70. The Kier molecular flexibility index (Phi) is 4.13. The van der Waals surface area contributed by atoms with E-state index in [9.17, 15) is 9.59 Å². The molecular formula is C14H23NO4. The summed E-state index contributed by atoms with van der Waals surface area (Å²) >= 11 is 0. The van der Waals surface area contributed by atoms with Crippen molar-refractivity contribution in [1.29, 1.82) is 0 Å². The first-order valence-electron chi connectivity index (χ1n) is 7.17. The van der Waals surface area contributed by atoms with Crippen LogP contribution in [0.15, 0.2) is 0 Å². The van der Waals surface area contributed by atoms with Gasteiger partial charge in [-0.3, -0.25) is 9.59 Å². The summed E-state index contributed by atoms with van der Waals surface area (Å²) in [4.78, 5) is 24.8. The van der Waals surface area contributed by atoms with Crippen LogP contribution in [0.2, 0.25) is 0 Å². The molecule has 0 radical (unpaired) electrons. The minimum atomic E-state index is -0.861. The van der Waals surface area contributed by atoms with Crippen LogP contribution in [-0.4, -0.2) is 46.7 Å². The van der Waals surface area contributed by atoms with Gasteiger partial charge in [-0.05, 0) is 25.7 Å². The summed E-state index contributed by atoms with van der Waals surface area (Å²) in [5.41, 5.74) is -0.134. The van der Waals surface area contributed by atoms with Crippen molar-refractivity contribution in [2.45, 2.75) is 57.6 Å². The summed E-state index contributed by atoms with van der Waals surface area (Å²) in [6, 6.07) is 0.144. The van der Waals surface area contributed by atoms with Crippen LogP contribution in [0, 0.1) is 5.92 Å². The molecule has 0 aromatic rings. The van der Waals surface area contributed by atoms with Gasteiger partial charge in [0.2, 0.25) is 5.91 Å². The normalized spacial score (nSPS) is 30.6. The van der Waals surface area contributed by atoms with E-state index < -0.39 is 11.9 Å². The first-order valence-corrected chi connectivity index (χ1v) is 7.17. The molecule has 108 valence electrons. The lowest BCUT2D eigenvalue weighted by Crippen LogP contribution is -2.49. The Labute approximate surface area is 113 Å². The topological polar surface area (TPSA) is 66.8 Å². The molecule has 1 N–H and O–H groups in total. The van der Waals surface area contributed by atoms with E-state index in [1.165, 1.54) is 0 Å². The van der Waals surface area contributed by atoms with Crippen LogP contribution in [0.5, 0.6) is 0 Å². The van der Waals surface area contributed by atoms with Gasteiger partial charge in [-0.2, -0.15) is 0 Å². The van der Waals surface area contributed by atoms with E-state index in [2.05, 4.69) is 13.8 Å². The number of likely N-dealkylation sites (tertiary alicyclic amines) is 1. The molecule has 5 heteroatoms. The lowest BCUT2D eigenvalue weighted by atomic mass is 9.85. The molecule has 2 fully saturated rings. The molecule has 2 rings (SSSR count). The van der Waals surface area contributed by atoms with Crippen molar-refractivity contribution in [3.63, 3.8) is 0 Å². The van der Waals surface area contributed by atoms with Gasteiger partial charge in [0.1, 0.15) is 0 Å². The van der Waals surface area contributed by atoms with Crippen LogP contribution in [-0.2, 0) is 14.3 Å². The Balaban J connectivity index is 2.06. The zero-order valence-corrected chi connectivity index (χ0v) is 11.7. The van der Waals surface area contributed by atoms with Gasteiger partial charge in [0.05, 0.1) is 11.5 Å². The fraction of sp³-hybridized carbons (Fsp3) is 0.857. The van der Waals surface area contributed by atoms with E-state index in [0.29, 0.717) is 13.2 Å². The molecule has 2 aliphatic heterocycles. The zero-order valence-electron chi connectivity index (χ0n) is 11.7. The van der Waals surface area contributed by atoms with Crippen molar-refractivity contribution in [2.75, 3.05) is 13.2 Å². The standard InChI is InChI=1S/C14H23NO4/c1-3-14(4-2)8-11(5-6-19-14)15-9-10(13(17)18)7-12(15)16/h10-11H,3-9H2,1-2H3,(H,17,18). The molecule has 19 heavy (non-hydrogen) atoms. The average Bonchev–Trinajstić information content (AvgIpc) is 2.81. The van der Waals surface area contributed by atoms with Gasteiger partial charge in [-0.1, -0.05) is 13.8 Å². The van der Waals surface area contributed by atoms with Crippen molar-refractivity contribution in [2.24, 2.45) is 5.92 Å². The monoisotopic (exact) mass is 269 g/mol. The van der Waals surface area contributed by atoms with Crippen LogP contribution < -0.4 is 0 Å². The first kappa shape index (κ1) is 14.3. The summed E-state index contributed by atoms with van der Waals surface area (Å²) in [6.07, 6.45) is 3.67. The summed E-state index contributed by atoms with van der Waals surface area (Å²) in [5.74, 6) is -1.41. The van der Waals surface area contributed by atoms with E-state index >= 15 is 0 Å². The Morgan fingerprint density at radius 3 is 2.68 bits per heavy atom. The van der Waals surface area contributed by atoms with Crippen LogP contribution in [0.4, 0.5) is 0 Å². The van der Waals surface area contributed by atoms with Gasteiger partial charge in [-0.25, -0.2) is 0 Å². The molecule has 0 bridgehead atoms. The molecule has 0 aromatic carbocycles. The van der Waals surface area contributed by atoms with Gasteiger partial charge in [0.15, 0.2) is 0 Å². The molecule has 2 saturated heterocycles. The SMILES string of the molecule is CCC1(CC)CC(N2CC(C(=O)O)CC2=O)CCO1. The van der Waals surface area contributed by atoms with E-state index in [1.807, 2.05) is 0 Å². The van der Waals surface area contributed by atoms with Crippen molar-refractivity contribution in [1.82, 2.24) is 4.90 Å². The highest BCUT2D eigenvalue weighted by Crippen LogP contribution is 2.35. The highest BCUT2D eigenvalue weighted by molar-refractivity contribution is 5.86. The number of aliphatic carboxylic acids is 1. The molecule has 0 spiro atoms. The Bertz CT molecular complexity index is 364. The maximum atomic E-state index is 12.0. The highest BCUT2D eigenvalue weighted by atomic mass is 16.5. The molecule has 1 amide bonds. The first-order chi connectivity index (χ1) is 9.01. The Hall–Kier alpha value is -1.10. The van der Waals surface area contributed by atoms with Crippen LogP contribution in [0.3, 0.4) is 0 Å². The van der Waals surface area contributed by atoms with Crippen LogP contribution >= 0.6 is 0 Å². The van der Waals surface area contributed by atoms with Gasteiger partial charge >= 0.3 is 5.97 Å². The molecule has 2 aliphatic rings. The van der Waals surface area contributed by atoms with E-state index in [0.717, 1.165) is 25.7 Å². The molecule has 0 saturated carbocycles. The van der Waals surface area contributed by atoms with Gasteiger partial charge < -0.3 is 14.7 Å². The smallest absolute Gasteiger partial charge is 0.308 e. The number of carboxylic acid groups (broad SMARTS) is 1. The lowest BCUT2D eigenvalue weighted by molar-refractivity contribution is -0.141. The second-order valence-corrected chi connectivity index (χ2v) is 5.67. The van der Waals surface area contributed by atoms with Gasteiger partial charge in [-0.15, -0.1) is 0 Å². The molecule has 2 atom stereocenters. The lowest BCUT2D eigenvalue weighted by Gasteiger charge is -2.43. The maximum absolute atomic E-state index is 12.0. The molecule has 2 unspecified atom stereocenters. The summed E-state index contributed by atoms with van der Waals surface area (Å²) in [6.45, 7) is 5.24. The number of hydrogen-bond acceptors (Lipinski definition) is 3. The Morgan fingerprint density at radius 1 is 1.47 bits per heavy atom. The highest BCUT2D eigenvalue weighted by Gasteiger charge is 2.43. The number of ether oxygens (including phenoxy) is 1. The summed E-state index contributed by atoms with van der Waals surface area (Å²) in [7, 11) is 0. The Morgan fingerprint density at radius 2 is 2.16 bits per heavy atom. The van der Waals surface area contributed by atoms with Crippen LogP contribution in [0.1, 0.15) is 46.0 Å². The number of amides is 1. The van der Waals surface area contributed by atoms with Crippen molar-refractivity contribution in [3.05, 3.63) is 0 Å². The van der Waals surface area contributed by atoms with Crippen LogP contribution in [0.25, 0.3) is 0 Å². The minimum absolute atomic E-state index is 0.0135. The third kappa shape index (κ3) is 2.76. The molecule has 2 heterocycles. The second kappa shape index (κ2) is 5.49. The van der Waals surface area contributed by atoms with Crippen molar-refractivity contribution in [3.8, 4) is 0 Å². The summed E-state index contributed by atoms with van der Waals surface area (Å²) < 4.78 is 5.91. The quantitative estimate of drug-likeness (QED) is 0.843. The fourth-order valence-corrected chi connectivity index (χ4v) is 3.26. The van der Waals surface area contributed by atoms with Gasteiger partial charge in [0, 0.05) is 25.6 Å². The molecular weight excluding hydrogens is 246 g/mol. The number of carboxylic acids is 1. The average molecular weight is 269 g/mol. The van der Waals surface area contributed by atoms with Crippen molar-refractivity contribution < 1.29 is 19.4 Å².